The van der Waals surface area contributed by atoms with Gasteiger partial charge in [-0.3, -0.25) is 10.1 Å². The Morgan fingerprint density at radius 3 is 2.44 bits per heavy atom. The van der Waals surface area contributed by atoms with Gasteiger partial charge in [-0.15, -0.1) is 0 Å². The van der Waals surface area contributed by atoms with Gasteiger partial charge in [0.2, 0.25) is 0 Å². The van der Waals surface area contributed by atoms with Crippen molar-refractivity contribution in [1.29, 1.82) is 0 Å². The Bertz CT molecular complexity index is 717. The number of para-hydroxylation sites is 1. The van der Waals surface area contributed by atoms with Gasteiger partial charge in [-0.2, -0.15) is 0 Å². The summed E-state index contributed by atoms with van der Waals surface area (Å²) in [6.07, 6.45) is 0.869. The number of hydrogen-bond donors (Lipinski definition) is 2. The van der Waals surface area contributed by atoms with Gasteiger partial charge in [0.25, 0.3) is 5.91 Å². The fourth-order valence-electron chi connectivity index (χ4n) is 2.13. The van der Waals surface area contributed by atoms with Crippen molar-refractivity contribution in [3.63, 3.8) is 0 Å². The molecule has 0 radical (unpaired) electrons. The highest BCUT2D eigenvalue weighted by atomic mass is 32.1. The number of thiocarbonyl (C=S) groups is 1. The van der Waals surface area contributed by atoms with Gasteiger partial charge < -0.3 is 14.8 Å². The standard InChI is InChI=1S/C19H22N2O3S/c1-3-13-24-17-8-6-5-7-16(17)18(22)21-19(25)20-14-9-11-15(12-10-14)23-4-2/h5-12H,3-4,13H2,1-2H3,(H2,20,21,22,25). The fourth-order valence-corrected chi connectivity index (χ4v) is 2.34. The SMILES string of the molecule is CCCOc1ccccc1C(=O)NC(=S)Nc1ccc(OCC)cc1. The van der Waals surface area contributed by atoms with E-state index < -0.39 is 0 Å². The average Bonchev–Trinajstić information content (AvgIpc) is 2.62. The van der Waals surface area contributed by atoms with Gasteiger partial charge in [-0.25, -0.2) is 0 Å². The summed E-state index contributed by atoms with van der Waals surface area (Å²) in [5.41, 5.74) is 1.22. The van der Waals surface area contributed by atoms with E-state index in [1.165, 1.54) is 0 Å². The predicted octanol–water partition coefficient (Wildman–Crippen LogP) is 4.00. The molecule has 2 aromatic rings. The van der Waals surface area contributed by atoms with E-state index in [2.05, 4.69) is 10.6 Å². The molecule has 0 unspecified atom stereocenters. The molecule has 2 aromatic carbocycles. The molecule has 0 spiro atoms. The molecule has 6 heteroatoms. The van der Waals surface area contributed by atoms with Crippen molar-refractivity contribution in [2.75, 3.05) is 18.5 Å². The lowest BCUT2D eigenvalue weighted by molar-refractivity contribution is 0.0973. The van der Waals surface area contributed by atoms with Crippen LogP contribution in [0.15, 0.2) is 48.5 Å². The molecule has 2 rings (SSSR count). The van der Waals surface area contributed by atoms with E-state index >= 15 is 0 Å². The highest BCUT2D eigenvalue weighted by molar-refractivity contribution is 7.80. The van der Waals surface area contributed by atoms with Crippen molar-refractivity contribution < 1.29 is 14.3 Å². The third-order valence-corrected chi connectivity index (χ3v) is 3.45. The molecule has 0 bridgehead atoms. The summed E-state index contributed by atoms with van der Waals surface area (Å²) in [4.78, 5) is 12.4. The molecule has 0 aliphatic heterocycles. The summed E-state index contributed by atoms with van der Waals surface area (Å²) in [5.74, 6) is 1.02. The van der Waals surface area contributed by atoms with Crippen LogP contribution >= 0.6 is 12.2 Å². The largest absolute Gasteiger partial charge is 0.494 e. The van der Waals surface area contributed by atoms with Crippen LogP contribution in [0.5, 0.6) is 11.5 Å². The minimum Gasteiger partial charge on any atom is -0.494 e. The van der Waals surface area contributed by atoms with Crippen LogP contribution in [0.3, 0.4) is 0 Å². The van der Waals surface area contributed by atoms with E-state index in [9.17, 15) is 4.79 Å². The Hall–Kier alpha value is -2.60. The van der Waals surface area contributed by atoms with Gasteiger partial charge >= 0.3 is 0 Å². The van der Waals surface area contributed by atoms with E-state index in [1.807, 2.05) is 44.2 Å². The van der Waals surface area contributed by atoms with Gasteiger partial charge in [-0.1, -0.05) is 19.1 Å². The Kier molecular flexibility index (Phi) is 7.22. The lowest BCUT2D eigenvalue weighted by atomic mass is 10.2. The minimum absolute atomic E-state index is 0.222. The first kappa shape index (κ1) is 18.7. The number of rotatable bonds is 7. The topological polar surface area (TPSA) is 59.6 Å². The summed E-state index contributed by atoms with van der Waals surface area (Å²) in [6, 6.07) is 14.4. The molecule has 0 fully saturated rings. The van der Waals surface area contributed by atoms with Crippen LogP contribution in [0.2, 0.25) is 0 Å². The second kappa shape index (κ2) is 9.64. The Morgan fingerprint density at radius 2 is 1.76 bits per heavy atom. The second-order valence-corrected chi connectivity index (χ2v) is 5.62. The fraction of sp³-hybridized carbons (Fsp3) is 0.263. The summed E-state index contributed by atoms with van der Waals surface area (Å²) in [6.45, 7) is 5.11. The van der Waals surface area contributed by atoms with Gasteiger partial charge in [0.1, 0.15) is 11.5 Å². The number of benzene rings is 2. The molecule has 0 saturated carbocycles. The molecule has 0 aromatic heterocycles. The number of nitrogens with one attached hydrogen (secondary N) is 2. The van der Waals surface area contributed by atoms with Crippen LogP contribution in [-0.2, 0) is 0 Å². The van der Waals surface area contributed by atoms with Crippen molar-refractivity contribution in [3.8, 4) is 11.5 Å². The smallest absolute Gasteiger partial charge is 0.261 e. The molecule has 0 heterocycles. The summed E-state index contributed by atoms with van der Waals surface area (Å²) < 4.78 is 11.0. The minimum atomic E-state index is -0.310. The van der Waals surface area contributed by atoms with E-state index in [0.717, 1.165) is 17.9 Å². The van der Waals surface area contributed by atoms with E-state index in [4.69, 9.17) is 21.7 Å². The predicted molar refractivity (Wildman–Crippen MR) is 104 cm³/mol. The molecule has 1 amide bonds. The maximum atomic E-state index is 12.4. The maximum absolute atomic E-state index is 12.4. The quantitative estimate of drug-likeness (QED) is 0.733. The normalized spacial score (nSPS) is 10.0. The second-order valence-electron chi connectivity index (χ2n) is 5.21. The van der Waals surface area contributed by atoms with Crippen molar-refractivity contribution in [2.24, 2.45) is 0 Å². The highest BCUT2D eigenvalue weighted by Gasteiger charge is 2.13. The average molecular weight is 358 g/mol. The van der Waals surface area contributed by atoms with Crippen LogP contribution in [0.25, 0.3) is 0 Å². The molecule has 25 heavy (non-hydrogen) atoms. The van der Waals surface area contributed by atoms with E-state index in [1.54, 1.807) is 18.2 Å². The molecular formula is C19H22N2O3S. The lowest BCUT2D eigenvalue weighted by Crippen LogP contribution is -2.34. The van der Waals surface area contributed by atoms with Crippen LogP contribution in [0.1, 0.15) is 30.6 Å². The summed E-state index contributed by atoms with van der Waals surface area (Å²) in [7, 11) is 0. The van der Waals surface area contributed by atoms with Gasteiger partial charge in [0, 0.05) is 5.69 Å². The number of carbonyl (C=O) groups excluding carboxylic acids is 1. The molecule has 2 N–H and O–H groups in total. The third-order valence-electron chi connectivity index (χ3n) is 3.24. The number of ether oxygens (including phenoxy) is 2. The van der Waals surface area contributed by atoms with Crippen molar-refractivity contribution >= 4 is 28.9 Å². The van der Waals surface area contributed by atoms with E-state index in [-0.39, 0.29) is 11.0 Å². The van der Waals surface area contributed by atoms with Crippen LogP contribution in [0.4, 0.5) is 5.69 Å². The first-order chi connectivity index (χ1) is 12.1. The van der Waals surface area contributed by atoms with Crippen molar-refractivity contribution in [3.05, 3.63) is 54.1 Å². The Balaban J connectivity index is 1.97. The molecule has 132 valence electrons. The maximum Gasteiger partial charge on any atom is 0.261 e. The highest BCUT2D eigenvalue weighted by Crippen LogP contribution is 2.18. The number of carbonyl (C=O) groups is 1. The molecule has 5 nitrogen and oxygen atoms in total. The van der Waals surface area contributed by atoms with Crippen LogP contribution in [0, 0.1) is 0 Å². The van der Waals surface area contributed by atoms with Gasteiger partial charge in [-0.05, 0) is 62.0 Å². The lowest BCUT2D eigenvalue weighted by Gasteiger charge is -2.13. The zero-order valence-electron chi connectivity index (χ0n) is 14.4. The Morgan fingerprint density at radius 1 is 1.04 bits per heavy atom. The van der Waals surface area contributed by atoms with Crippen molar-refractivity contribution in [1.82, 2.24) is 5.32 Å². The first-order valence-electron chi connectivity index (χ1n) is 8.21. The van der Waals surface area contributed by atoms with Crippen molar-refractivity contribution in [2.45, 2.75) is 20.3 Å². The van der Waals surface area contributed by atoms with Crippen LogP contribution in [-0.4, -0.2) is 24.2 Å². The third kappa shape index (κ3) is 5.76. The summed E-state index contributed by atoms with van der Waals surface area (Å²) in [5, 5.41) is 5.87. The Labute approximate surface area is 153 Å². The molecule has 0 aliphatic carbocycles. The molecule has 0 saturated heterocycles. The summed E-state index contributed by atoms with van der Waals surface area (Å²) >= 11 is 5.21. The first-order valence-corrected chi connectivity index (χ1v) is 8.62. The van der Waals surface area contributed by atoms with Crippen LogP contribution < -0.4 is 20.1 Å². The van der Waals surface area contributed by atoms with Gasteiger partial charge in [0.05, 0.1) is 18.8 Å². The molecular weight excluding hydrogens is 336 g/mol. The number of anilines is 1. The molecule has 0 aliphatic rings. The number of amides is 1. The zero-order valence-corrected chi connectivity index (χ0v) is 15.2. The monoisotopic (exact) mass is 358 g/mol. The van der Waals surface area contributed by atoms with Gasteiger partial charge in [0.15, 0.2) is 5.11 Å². The molecule has 0 atom stereocenters. The number of hydrogen-bond acceptors (Lipinski definition) is 4. The van der Waals surface area contributed by atoms with E-state index in [0.29, 0.717) is 24.5 Å². The zero-order chi connectivity index (χ0) is 18.1.